The number of fused-ring (bicyclic) bond motifs is 1. The summed E-state index contributed by atoms with van der Waals surface area (Å²) in [7, 11) is 3.53. The van der Waals surface area contributed by atoms with Crippen molar-refractivity contribution in [1.82, 2.24) is 10.2 Å². The van der Waals surface area contributed by atoms with Crippen LogP contribution >= 0.6 is 0 Å². The lowest BCUT2D eigenvalue weighted by Crippen LogP contribution is -2.52. The lowest BCUT2D eigenvalue weighted by Gasteiger charge is -2.37. The van der Waals surface area contributed by atoms with E-state index in [4.69, 9.17) is 14.2 Å². The third kappa shape index (κ3) is 3.93. The number of hydrogen-bond acceptors (Lipinski definition) is 5. The first-order chi connectivity index (χ1) is 13.8. The molecule has 2 aliphatic rings. The second-order valence-electron chi connectivity index (χ2n) is 6.76. The van der Waals surface area contributed by atoms with Gasteiger partial charge in [0.2, 0.25) is 6.79 Å². The maximum atomic E-state index is 5.45. The minimum atomic E-state index is 0.297. The number of rotatable bonds is 4. The molecule has 7 heteroatoms. The maximum absolute atomic E-state index is 5.45. The first-order valence-corrected chi connectivity index (χ1v) is 9.50. The van der Waals surface area contributed by atoms with Gasteiger partial charge >= 0.3 is 0 Å². The third-order valence-electron chi connectivity index (χ3n) is 5.10. The first kappa shape index (κ1) is 18.3. The molecule has 7 nitrogen and oxygen atoms in total. The Kier molecular flexibility index (Phi) is 5.41. The smallest absolute Gasteiger partial charge is 0.231 e. The molecule has 0 amide bonds. The summed E-state index contributed by atoms with van der Waals surface area (Å²) in [5.41, 5.74) is 2.34. The van der Waals surface area contributed by atoms with Crippen molar-refractivity contribution in [2.45, 2.75) is 6.54 Å². The van der Waals surface area contributed by atoms with Crippen LogP contribution in [-0.4, -0.2) is 58.0 Å². The second kappa shape index (κ2) is 8.29. The molecule has 1 fully saturated rings. The quantitative estimate of drug-likeness (QED) is 0.647. The van der Waals surface area contributed by atoms with Crippen LogP contribution in [0.15, 0.2) is 47.5 Å². The van der Waals surface area contributed by atoms with Crippen LogP contribution in [0.1, 0.15) is 5.56 Å². The molecule has 28 heavy (non-hydrogen) atoms. The summed E-state index contributed by atoms with van der Waals surface area (Å²) in [5.74, 6) is 3.42. The van der Waals surface area contributed by atoms with Crippen molar-refractivity contribution in [3.05, 3.63) is 48.0 Å². The summed E-state index contributed by atoms with van der Waals surface area (Å²) < 4.78 is 16.2. The zero-order valence-corrected chi connectivity index (χ0v) is 16.4. The molecule has 0 saturated carbocycles. The standard InChI is InChI=1S/C21H26N4O3/c1-22-21(23-14-16-6-7-19-20(12-16)28-15-27-19)25-10-8-24(9-11-25)17-4-3-5-18(13-17)26-2/h3-7,12-13H,8-11,14-15H2,1-2H3,(H,22,23). The van der Waals surface area contributed by atoms with Gasteiger partial charge in [-0.2, -0.15) is 0 Å². The van der Waals surface area contributed by atoms with E-state index in [0.717, 1.165) is 55.0 Å². The number of ether oxygens (including phenoxy) is 3. The normalized spacial score (nSPS) is 16.3. The summed E-state index contributed by atoms with van der Waals surface area (Å²) in [6.07, 6.45) is 0. The van der Waals surface area contributed by atoms with Gasteiger partial charge in [0, 0.05) is 51.5 Å². The molecule has 2 aromatic carbocycles. The molecule has 0 atom stereocenters. The zero-order chi connectivity index (χ0) is 19.3. The summed E-state index contributed by atoms with van der Waals surface area (Å²) in [4.78, 5) is 9.14. The summed E-state index contributed by atoms with van der Waals surface area (Å²) in [6.45, 7) is 4.71. The first-order valence-electron chi connectivity index (χ1n) is 9.50. The van der Waals surface area contributed by atoms with E-state index in [0.29, 0.717) is 13.3 Å². The van der Waals surface area contributed by atoms with Crippen molar-refractivity contribution < 1.29 is 14.2 Å². The Bertz CT molecular complexity index is 847. The number of guanidine groups is 1. The van der Waals surface area contributed by atoms with E-state index in [1.54, 1.807) is 7.11 Å². The van der Waals surface area contributed by atoms with E-state index in [2.05, 4.69) is 38.3 Å². The topological polar surface area (TPSA) is 58.6 Å². The van der Waals surface area contributed by atoms with Gasteiger partial charge in [-0.25, -0.2) is 0 Å². The number of aliphatic imine (C=N–C) groups is 1. The minimum Gasteiger partial charge on any atom is -0.497 e. The molecule has 2 heterocycles. The molecule has 0 spiro atoms. The van der Waals surface area contributed by atoms with Crippen LogP contribution in [0.5, 0.6) is 17.2 Å². The fourth-order valence-corrected chi connectivity index (χ4v) is 3.55. The Labute approximate surface area is 165 Å². The molecular formula is C21H26N4O3. The average Bonchev–Trinajstić information content (AvgIpc) is 3.22. The van der Waals surface area contributed by atoms with E-state index in [1.807, 2.05) is 31.3 Å². The van der Waals surface area contributed by atoms with Crippen LogP contribution in [-0.2, 0) is 6.54 Å². The molecule has 0 aliphatic carbocycles. The Morgan fingerprint density at radius 1 is 1.07 bits per heavy atom. The highest BCUT2D eigenvalue weighted by atomic mass is 16.7. The summed E-state index contributed by atoms with van der Waals surface area (Å²) >= 11 is 0. The number of anilines is 1. The van der Waals surface area contributed by atoms with Gasteiger partial charge in [-0.3, -0.25) is 4.99 Å². The van der Waals surface area contributed by atoms with Crippen molar-refractivity contribution >= 4 is 11.6 Å². The number of hydrogen-bond donors (Lipinski definition) is 1. The van der Waals surface area contributed by atoms with E-state index in [-0.39, 0.29) is 0 Å². The second-order valence-corrected chi connectivity index (χ2v) is 6.76. The molecular weight excluding hydrogens is 356 g/mol. The van der Waals surface area contributed by atoms with Crippen molar-refractivity contribution in [1.29, 1.82) is 0 Å². The number of piperazine rings is 1. The number of methoxy groups -OCH3 is 1. The SMILES string of the molecule is CN=C(NCc1ccc2c(c1)OCO2)N1CCN(c2cccc(OC)c2)CC1. The Morgan fingerprint density at radius 3 is 2.68 bits per heavy atom. The third-order valence-corrected chi connectivity index (χ3v) is 5.10. The number of nitrogens with zero attached hydrogens (tertiary/aromatic N) is 3. The molecule has 0 bridgehead atoms. The van der Waals surface area contributed by atoms with Crippen molar-refractivity contribution in [3.63, 3.8) is 0 Å². The molecule has 4 rings (SSSR count). The molecule has 0 radical (unpaired) electrons. The van der Waals surface area contributed by atoms with E-state index in [9.17, 15) is 0 Å². The molecule has 0 unspecified atom stereocenters. The molecule has 0 aromatic heterocycles. The lowest BCUT2D eigenvalue weighted by atomic mass is 10.2. The highest BCUT2D eigenvalue weighted by Gasteiger charge is 2.20. The van der Waals surface area contributed by atoms with Gasteiger partial charge in [0.1, 0.15) is 5.75 Å². The van der Waals surface area contributed by atoms with Gasteiger partial charge < -0.3 is 29.3 Å². The van der Waals surface area contributed by atoms with Gasteiger partial charge in [0.25, 0.3) is 0 Å². The Morgan fingerprint density at radius 2 is 1.89 bits per heavy atom. The molecule has 1 saturated heterocycles. The lowest BCUT2D eigenvalue weighted by molar-refractivity contribution is 0.174. The highest BCUT2D eigenvalue weighted by Crippen LogP contribution is 2.32. The molecule has 1 N–H and O–H groups in total. The zero-order valence-electron chi connectivity index (χ0n) is 16.4. The van der Waals surface area contributed by atoms with Crippen molar-refractivity contribution in [2.24, 2.45) is 4.99 Å². The highest BCUT2D eigenvalue weighted by molar-refractivity contribution is 5.80. The minimum absolute atomic E-state index is 0.297. The van der Waals surface area contributed by atoms with E-state index >= 15 is 0 Å². The summed E-state index contributed by atoms with van der Waals surface area (Å²) in [5, 5.41) is 3.46. The van der Waals surface area contributed by atoms with Crippen LogP contribution in [0.2, 0.25) is 0 Å². The largest absolute Gasteiger partial charge is 0.497 e. The number of nitrogens with one attached hydrogen (secondary N) is 1. The van der Waals surface area contributed by atoms with Gasteiger partial charge in [-0.1, -0.05) is 12.1 Å². The van der Waals surface area contributed by atoms with Crippen LogP contribution in [0.4, 0.5) is 5.69 Å². The van der Waals surface area contributed by atoms with Crippen molar-refractivity contribution in [2.75, 3.05) is 52.0 Å². The van der Waals surface area contributed by atoms with Crippen molar-refractivity contribution in [3.8, 4) is 17.2 Å². The predicted molar refractivity (Wildman–Crippen MR) is 110 cm³/mol. The van der Waals surface area contributed by atoms with Gasteiger partial charge in [-0.15, -0.1) is 0 Å². The van der Waals surface area contributed by atoms with Gasteiger partial charge in [0.15, 0.2) is 17.5 Å². The molecule has 2 aromatic rings. The average molecular weight is 382 g/mol. The summed E-state index contributed by atoms with van der Waals surface area (Å²) in [6, 6.07) is 14.2. The number of benzene rings is 2. The van der Waals surface area contributed by atoms with Crippen LogP contribution in [0.3, 0.4) is 0 Å². The van der Waals surface area contributed by atoms with Gasteiger partial charge in [-0.05, 0) is 29.8 Å². The maximum Gasteiger partial charge on any atom is 0.231 e. The Balaban J connectivity index is 1.32. The molecule has 148 valence electrons. The predicted octanol–water partition coefficient (Wildman–Crippen LogP) is 2.32. The van der Waals surface area contributed by atoms with E-state index in [1.165, 1.54) is 5.69 Å². The van der Waals surface area contributed by atoms with Gasteiger partial charge in [0.05, 0.1) is 7.11 Å². The van der Waals surface area contributed by atoms with Crippen LogP contribution in [0.25, 0.3) is 0 Å². The van der Waals surface area contributed by atoms with Crippen LogP contribution in [0, 0.1) is 0 Å². The monoisotopic (exact) mass is 382 g/mol. The van der Waals surface area contributed by atoms with E-state index < -0.39 is 0 Å². The fourth-order valence-electron chi connectivity index (χ4n) is 3.55. The fraction of sp³-hybridized carbons (Fsp3) is 0.381. The molecule has 2 aliphatic heterocycles. The van der Waals surface area contributed by atoms with Crippen LogP contribution < -0.4 is 24.4 Å². The Hall–Kier alpha value is -3.09.